The summed E-state index contributed by atoms with van der Waals surface area (Å²) in [5.74, 6) is -1.47. The standard InChI is InChI=1S/C16H17N3O3/c1-11(20)19-14(15(21)13-8-5-9-17-13)16(22)18-10-12-6-3-2-4-7-12/h2-9,14,17H,10H2,1H3,(H,18,22)(H,19,20). The number of H-pyrrole nitrogens is 1. The first-order valence-electron chi connectivity index (χ1n) is 6.84. The summed E-state index contributed by atoms with van der Waals surface area (Å²) in [7, 11) is 0. The molecule has 0 saturated carbocycles. The molecule has 1 aromatic heterocycles. The Balaban J connectivity index is 2.06. The average molecular weight is 299 g/mol. The van der Waals surface area contributed by atoms with E-state index in [0.29, 0.717) is 0 Å². The van der Waals surface area contributed by atoms with Gasteiger partial charge in [0, 0.05) is 19.7 Å². The van der Waals surface area contributed by atoms with Crippen molar-refractivity contribution in [1.82, 2.24) is 15.6 Å². The Morgan fingerprint density at radius 2 is 1.82 bits per heavy atom. The molecule has 1 atom stereocenters. The van der Waals surface area contributed by atoms with E-state index in [1.807, 2.05) is 30.3 Å². The second kappa shape index (κ2) is 7.21. The molecule has 0 spiro atoms. The predicted molar refractivity (Wildman–Crippen MR) is 81.0 cm³/mol. The maximum absolute atomic E-state index is 12.3. The smallest absolute Gasteiger partial charge is 0.251 e. The number of rotatable bonds is 6. The second-order valence-electron chi connectivity index (χ2n) is 4.78. The molecule has 0 aliphatic carbocycles. The molecule has 6 nitrogen and oxygen atoms in total. The van der Waals surface area contributed by atoms with Gasteiger partial charge < -0.3 is 15.6 Å². The number of amides is 2. The third kappa shape index (κ3) is 4.05. The zero-order valence-corrected chi connectivity index (χ0v) is 12.1. The molecule has 6 heteroatoms. The minimum atomic E-state index is -1.25. The third-order valence-electron chi connectivity index (χ3n) is 3.04. The molecule has 0 saturated heterocycles. The van der Waals surface area contributed by atoms with Gasteiger partial charge in [0.1, 0.15) is 0 Å². The van der Waals surface area contributed by atoms with Crippen LogP contribution in [0.2, 0.25) is 0 Å². The number of carbonyl (C=O) groups excluding carboxylic acids is 3. The molecule has 0 aliphatic rings. The topological polar surface area (TPSA) is 91.1 Å². The molecule has 0 aliphatic heterocycles. The number of carbonyl (C=O) groups is 3. The Hall–Kier alpha value is -2.89. The van der Waals surface area contributed by atoms with Gasteiger partial charge in [0.2, 0.25) is 11.7 Å². The molecular weight excluding hydrogens is 282 g/mol. The molecule has 1 unspecified atom stereocenters. The van der Waals surface area contributed by atoms with Crippen LogP contribution in [0.5, 0.6) is 0 Å². The van der Waals surface area contributed by atoms with Crippen LogP contribution in [-0.2, 0) is 16.1 Å². The van der Waals surface area contributed by atoms with E-state index >= 15 is 0 Å². The number of aromatic nitrogens is 1. The van der Waals surface area contributed by atoms with Gasteiger partial charge in [0.25, 0.3) is 5.91 Å². The van der Waals surface area contributed by atoms with Crippen molar-refractivity contribution in [2.75, 3.05) is 0 Å². The molecule has 22 heavy (non-hydrogen) atoms. The van der Waals surface area contributed by atoms with E-state index in [-0.39, 0.29) is 12.2 Å². The SMILES string of the molecule is CC(=O)NC(C(=O)NCc1ccccc1)C(=O)c1ccc[nH]1. The van der Waals surface area contributed by atoms with Gasteiger partial charge in [-0.25, -0.2) is 0 Å². The summed E-state index contributed by atoms with van der Waals surface area (Å²) in [5, 5.41) is 5.04. The number of benzene rings is 1. The Kier molecular flexibility index (Phi) is 5.08. The van der Waals surface area contributed by atoms with Crippen molar-refractivity contribution in [2.45, 2.75) is 19.5 Å². The van der Waals surface area contributed by atoms with Gasteiger partial charge in [-0.3, -0.25) is 14.4 Å². The van der Waals surface area contributed by atoms with Crippen molar-refractivity contribution >= 4 is 17.6 Å². The minimum absolute atomic E-state index is 0.272. The first-order chi connectivity index (χ1) is 10.6. The maximum atomic E-state index is 12.3. The number of aromatic amines is 1. The van der Waals surface area contributed by atoms with Crippen molar-refractivity contribution in [1.29, 1.82) is 0 Å². The number of hydrogen-bond acceptors (Lipinski definition) is 3. The fourth-order valence-corrected chi connectivity index (χ4v) is 1.98. The van der Waals surface area contributed by atoms with Gasteiger partial charge in [0.05, 0.1) is 5.69 Å². The number of ketones is 1. The highest BCUT2D eigenvalue weighted by Crippen LogP contribution is 2.03. The first kappa shape index (κ1) is 15.5. The van der Waals surface area contributed by atoms with Crippen molar-refractivity contribution in [3.05, 3.63) is 59.9 Å². The Morgan fingerprint density at radius 1 is 1.09 bits per heavy atom. The lowest BCUT2D eigenvalue weighted by Gasteiger charge is -2.16. The molecule has 2 amide bonds. The van der Waals surface area contributed by atoms with Crippen LogP contribution in [0.4, 0.5) is 0 Å². The molecule has 0 radical (unpaired) electrons. The normalized spacial score (nSPS) is 11.5. The van der Waals surface area contributed by atoms with Gasteiger partial charge >= 0.3 is 0 Å². The number of hydrogen-bond donors (Lipinski definition) is 3. The summed E-state index contributed by atoms with van der Waals surface area (Å²) in [6.07, 6.45) is 1.58. The molecular formula is C16H17N3O3. The van der Waals surface area contributed by atoms with Crippen LogP contribution in [-0.4, -0.2) is 28.6 Å². The quantitative estimate of drug-likeness (QED) is 0.549. The van der Waals surface area contributed by atoms with Crippen LogP contribution in [0.25, 0.3) is 0 Å². The number of Topliss-reactive ketones (excluding diaryl/α,β-unsaturated/α-hetero) is 1. The lowest BCUT2D eigenvalue weighted by atomic mass is 10.1. The maximum Gasteiger partial charge on any atom is 0.251 e. The minimum Gasteiger partial charge on any atom is -0.359 e. The molecule has 1 aromatic carbocycles. The Bertz CT molecular complexity index is 651. The summed E-state index contributed by atoms with van der Waals surface area (Å²) in [6, 6.07) is 11.3. The van der Waals surface area contributed by atoms with Crippen LogP contribution in [0.3, 0.4) is 0 Å². The fourth-order valence-electron chi connectivity index (χ4n) is 1.98. The van der Waals surface area contributed by atoms with Gasteiger partial charge in [-0.15, -0.1) is 0 Å². The van der Waals surface area contributed by atoms with Crippen LogP contribution >= 0.6 is 0 Å². The van der Waals surface area contributed by atoms with Crippen molar-refractivity contribution in [2.24, 2.45) is 0 Å². The van der Waals surface area contributed by atoms with Gasteiger partial charge in [-0.2, -0.15) is 0 Å². The summed E-state index contributed by atoms with van der Waals surface area (Å²) in [4.78, 5) is 38.5. The molecule has 1 heterocycles. The molecule has 114 valence electrons. The lowest BCUT2D eigenvalue weighted by molar-refractivity contribution is -0.127. The highest BCUT2D eigenvalue weighted by atomic mass is 16.2. The monoisotopic (exact) mass is 299 g/mol. The zero-order chi connectivity index (χ0) is 15.9. The van der Waals surface area contributed by atoms with E-state index in [9.17, 15) is 14.4 Å². The molecule has 2 rings (SSSR count). The van der Waals surface area contributed by atoms with E-state index in [2.05, 4.69) is 15.6 Å². The zero-order valence-electron chi connectivity index (χ0n) is 12.1. The van der Waals surface area contributed by atoms with E-state index in [4.69, 9.17) is 0 Å². The Labute approximate surface area is 127 Å². The highest BCUT2D eigenvalue weighted by Gasteiger charge is 2.28. The van der Waals surface area contributed by atoms with Crippen LogP contribution < -0.4 is 10.6 Å². The Morgan fingerprint density at radius 3 is 2.41 bits per heavy atom. The lowest BCUT2D eigenvalue weighted by Crippen LogP contribution is -2.50. The fraction of sp³-hybridized carbons (Fsp3) is 0.188. The average Bonchev–Trinajstić information content (AvgIpc) is 3.05. The van der Waals surface area contributed by atoms with E-state index in [0.717, 1.165) is 5.56 Å². The van der Waals surface area contributed by atoms with Crippen molar-refractivity contribution in [3.63, 3.8) is 0 Å². The summed E-state index contributed by atoms with van der Waals surface area (Å²) >= 11 is 0. The highest BCUT2D eigenvalue weighted by molar-refractivity contribution is 6.14. The number of nitrogens with one attached hydrogen (secondary N) is 3. The first-order valence-corrected chi connectivity index (χ1v) is 6.84. The van der Waals surface area contributed by atoms with Gasteiger partial charge in [0.15, 0.2) is 6.04 Å². The largest absolute Gasteiger partial charge is 0.359 e. The van der Waals surface area contributed by atoms with Crippen molar-refractivity contribution < 1.29 is 14.4 Å². The second-order valence-corrected chi connectivity index (χ2v) is 4.78. The molecule has 3 N–H and O–H groups in total. The van der Waals surface area contributed by atoms with E-state index in [1.165, 1.54) is 6.92 Å². The summed E-state index contributed by atoms with van der Waals surface area (Å²) < 4.78 is 0. The van der Waals surface area contributed by atoms with Crippen LogP contribution in [0.15, 0.2) is 48.7 Å². The summed E-state index contributed by atoms with van der Waals surface area (Å²) in [6.45, 7) is 1.55. The van der Waals surface area contributed by atoms with Crippen LogP contribution in [0.1, 0.15) is 23.0 Å². The van der Waals surface area contributed by atoms with Crippen LogP contribution in [0, 0.1) is 0 Å². The molecule has 2 aromatic rings. The van der Waals surface area contributed by atoms with Crippen molar-refractivity contribution in [3.8, 4) is 0 Å². The third-order valence-corrected chi connectivity index (χ3v) is 3.04. The molecule has 0 bridgehead atoms. The van der Waals surface area contributed by atoms with E-state index in [1.54, 1.807) is 18.3 Å². The van der Waals surface area contributed by atoms with E-state index < -0.39 is 23.6 Å². The van der Waals surface area contributed by atoms with Gasteiger partial charge in [-0.1, -0.05) is 30.3 Å². The summed E-state index contributed by atoms with van der Waals surface area (Å²) in [5.41, 5.74) is 1.18. The van der Waals surface area contributed by atoms with Gasteiger partial charge in [-0.05, 0) is 17.7 Å². The molecule has 0 fully saturated rings. The predicted octanol–water partition coefficient (Wildman–Crippen LogP) is 1.02.